The molecule has 2 atom stereocenters. The molecule has 1 aromatic rings. The van der Waals surface area contributed by atoms with E-state index in [1.54, 1.807) is 12.1 Å². The lowest BCUT2D eigenvalue weighted by Crippen LogP contribution is -2.46. The number of amides is 1. The van der Waals surface area contributed by atoms with E-state index in [-0.39, 0.29) is 23.9 Å². The third-order valence-electron chi connectivity index (χ3n) is 5.94. The maximum absolute atomic E-state index is 13.0. The van der Waals surface area contributed by atoms with Crippen LogP contribution in [0.1, 0.15) is 32.1 Å². The van der Waals surface area contributed by atoms with Crippen LogP contribution in [0.3, 0.4) is 0 Å². The van der Waals surface area contributed by atoms with Crippen LogP contribution in [0.4, 0.5) is 4.39 Å². The lowest BCUT2D eigenvalue weighted by Gasteiger charge is -2.36. The Kier molecular flexibility index (Phi) is 5.41. The van der Waals surface area contributed by atoms with Crippen molar-refractivity contribution in [3.05, 3.63) is 30.1 Å². The van der Waals surface area contributed by atoms with Crippen LogP contribution < -0.4 is 10.1 Å². The van der Waals surface area contributed by atoms with Crippen LogP contribution >= 0.6 is 0 Å². The highest BCUT2D eigenvalue weighted by atomic mass is 19.1. The third-order valence-corrected chi connectivity index (χ3v) is 5.94. The Labute approximate surface area is 154 Å². The highest BCUT2D eigenvalue weighted by molar-refractivity contribution is 5.82. The van der Waals surface area contributed by atoms with Gasteiger partial charge in [0.15, 0.2) is 0 Å². The van der Waals surface area contributed by atoms with E-state index in [4.69, 9.17) is 4.74 Å². The molecule has 26 heavy (non-hydrogen) atoms. The van der Waals surface area contributed by atoms with Crippen LogP contribution in [0.25, 0.3) is 0 Å². The van der Waals surface area contributed by atoms with E-state index in [1.165, 1.54) is 31.4 Å². The fraction of sp³-hybridized carbons (Fsp3) is 0.650. The van der Waals surface area contributed by atoms with Crippen molar-refractivity contribution in [2.75, 3.05) is 32.7 Å². The molecule has 2 aliphatic heterocycles. The van der Waals surface area contributed by atoms with E-state index in [1.807, 2.05) is 4.90 Å². The Bertz CT molecular complexity index is 620. The van der Waals surface area contributed by atoms with E-state index in [0.29, 0.717) is 18.7 Å². The van der Waals surface area contributed by atoms with Crippen LogP contribution in [0.2, 0.25) is 0 Å². The zero-order valence-electron chi connectivity index (χ0n) is 15.2. The molecule has 1 amide bonds. The van der Waals surface area contributed by atoms with Crippen LogP contribution in [-0.2, 0) is 4.79 Å². The van der Waals surface area contributed by atoms with E-state index < -0.39 is 0 Å². The molecule has 4 rings (SSSR count). The van der Waals surface area contributed by atoms with Crippen LogP contribution in [0.5, 0.6) is 5.75 Å². The lowest BCUT2D eigenvalue weighted by molar-refractivity contribution is -0.133. The first-order valence-electron chi connectivity index (χ1n) is 9.87. The predicted molar refractivity (Wildman–Crippen MR) is 97.6 cm³/mol. The summed E-state index contributed by atoms with van der Waals surface area (Å²) in [6, 6.07) is 6.64. The van der Waals surface area contributed by atoms with Gasteiger partial charge in [-0.25, -0.2) is 4.39 Å². The number of nitrogens with zero attached hydrogens (tertiary/aromatic N) is 2. The molecule has 5 nitrogen and oxygen atoms in total. The van der Waals surface area contributed by atoms with Crippen LogP contribution in [0, 0.1) is 5.82 Å². The summed E-state index contributed by atoms with van der Waals surface area (Å²) in [6.07, 6.45) is 5.67. The normalized spacial score (nSPS) is 27.8. The predicted octanol–water partition coefficient (Wildman–Crippen LogP) is 2.02. The molecular weight excluding hydrogens is 333 g/mol. The highest BCUT2D eigenvalue weighted by Crippen LogP contribution is 2.26. The maximum atomic E-state index is 13.0. The topological polar surface area (TPSA) is 44.8 Å². The second-order valence-electron chi connectivity index (χ2n) is 7.69. The molecule has 0 aromatic heterocycles. The minimum Gasteiger partial charge on any atom is -0.489 e. The first-order valence-corrected chi connectivity index (χ1v) is 9.87. The van der Waals surface area contributed by atoms with Crippen LogP contribution in [0.15, 0.2) is 24.3 Å². The van der Waals surface area contributed by atoms with Crippen molar-refractivity contribution in [2.24, 2.45) is 0 Å². The van der Waals surface area contributed by atoms with Gasteiger partial charge in [-0.15, -0.1) is 0 Å². The SMILES string of the molecule is O=C([C@@H]1CC(Oc2ccc(F)cc2)CN1)N1CCCN(C2CCC2)CC1. The largest absolute Gasteiger partial charge is 0.489 e. The van der Waals surface area contributed by atoms with E-state index in [9.17, 15) is 9.18 Å². The fourth-order valence-corrected chi connectivity index (χ4v) is 4.18. The summed E-state index contributed by atoms with van der Waals surface area (Å²) >= 11 is 0. The van der Waals surface area contributed by atoms with Gasteiger partial charge in [0.05, 0.1) is 6.04 Å². The summed E-state index contributed by atoms with van der Waals surface area (Å²) in [5, 5.41) is 3.31. The summed E-state index contributed by atoms with van der Waals surface area (Å²) in [5.74, 6) is 0.579. The van der Waals surface area contributed by atoms with Gasteiger partial charge >= 0.3 is 0 Å². The summed E-state index contributed by atoms with van der Waals surface area (Å²) < 4.78 is 18.9. The Morgan fingerprint density at radius 2 is 1.88 bits per heavy atom. The zero-order chi connectivity index (χ0) is 17.9. The molecule has 2 heterocycles. The number of nitrogens with one attached hydrogen (secondary N) is 1. The standard InChI is InChI=1S/C20H28FN3O2/c21-15-5-7-17(8-6-15)26-18-13-19(22-14-18)20(25)24-10-2-9-23(11-12-24)16-3-1-4-16/h5-8,16,18-19,22H,1-4,9-14H2/t18?,19-/m0/s1. The van der Waals surface area contributed by atoms with Crippen LogP contribution in [-0.4, -0.2) is 66.6 Å². The highest BCUT2D eigenvalue weighted by Gasteiger charge is 2.35. The molecule has 1 aliphatic carbocycles. The minimum atomic E-state index is -0.271. The number of ether oxygens (including phenoxy) is 1. The quantitative estimate of drug-likeness (QED) is 0.891. The molecular formula is C20H28FN3O2. The second kappa shape index (κ2) is 7.92. The molecule has 6 heteroatoms. The molecule has 3 aliphatic rings. The third kappa shape index (κ3) is 4.01. The summed E-state index contributed by atoms with van der Waals surface area (Å²) in [5.41, 5.74) is 0. The molecule has 142 valence electrons. The molecule has 1 saturated carbocycles. The van der Waals surface area contributed by atoms with Crippen molar-refractivity contribution in [3.8, 4) is 5.75 Å². The van der Waals surface area contributed by atoms with Crippen molar-refractivity contribution in [1.29, 1.82) is 0 Å². The average Bonchev–Trinajstić information content (AvgIpc) is 2.93. The zero-order valence-corrected chi connectivity index (χ0v) is 15.2. The van der Waals surface area contributed by atoms with Gasteiger partial charge in [0.2, 0.25) is 5.91 Å². The van der Waals surface area contributed by atoms with Gasteiger partial charge in [-0.2, -0.15) is 0 Å². The number of hydrogen-bond donors (Lipinski definition) is 1. The second-order valence-corrected chi connectivity index (χ2v) is 7.69. The van der Waals surface area contributed by atoms with E-state index >= 15 is 0 Å². The molecule has 2 saturated heterocycles. The molecule has 0 spiro atoms. The minimum absolute atomic E-state index is 0.0483. The van der Waals surface area contributed by atoms with Gasteiger partial charge in [0.1, 0.15) is 17.7 Å². The van der Waals surface area contributed by atoms with E-state index in [2.05, 4.69) is 10.2 Å². The number of hydrogen-bond acceptors (Lipinski definition) is 4. The van der Waals surface area contributed by atoms with Crippen molar-refractivity contribution in [3.63, 3.8) is 0 Å². The maximum Gasteiger partial charge on any atom is 0.239 e. The first-order chi connectivity index (χ1) is 12.7. The molecule has 0 bridgehead atoms. The van der Waals surface area contributed by atoms with Crippen molar-refractivity contribution >= 4 is 5.91 Å². The Hall–Kier alpha value is -1.66. The number of rotatable bonds is 4. The number of carbonyl (C=O) groups is 1. The smallest absolute Gasteiger partial charge is 0.239 e. The van der Waals surface area contributed by atoms with Gasteiger partial charge in [-0.05, 0) is 43.5 Å². The van der Waals surface area contributed by atoms with Gasteiger partial charge in [0, 0.05) is 45.2 Å². The molecule has 1 aromatic carbocycles. The van der Waals surface area contributed by atoms with Gasteiger partial charge in [-0.1, -0.05) is 6.42 Å². The fourth-order valence-electron chi connectivity index (χ4n) is 4.18. The number of halogens is 1. The summed E-state index contributed by atoms with van der Waals surface area (Å²) in [6.45, 7) is 4.44. The first kappa shape index (κ1) is 17.7. The Morgan fingerprint density at radius 1 is 1.08 bits per heavy atom. The Morgan fingerprint density at radius 3 is 2.62 bits per heavy atom. The average molecular weight is 361 g/mol. The van der Waals surface area contributed by atoms with Gasteiger partial charge < -0.3 is 15.0 Å². The summed E-state index contributed by atoms with van der Waals surface area (Å²) in [7, 11) is 0. The Balaban J connectivity index is 1.27. The van der Waals surface area contributed by atoms with E-state index in [0.717, 1.165) is 38.6 Å². The number of benzene rings is 1. The molecule has 1 N–H and O–H groups in total. The number of carbonyl (C=O) groups excluding carboxylic acids is 1. The molecule has 0 radical (unpaired) electrons. The summed E-state index contributed by atoms with van der Waals surface area (Å²) in [4.78, 5) is 17.5. The monoisotopic (exact) mass is 361 g/mol. The van der Waals surface area contributed by atoms with Gasteiger partial charge in [0.25, 0.3) is 0 Å². The van der Waals surface area contributed by atoms with Crippen molar-refractivity contribution in [2.45, 2.75) is 50.3 Å². The van der Waals surface area contributed by atoms with Crippen molar-refractivity contribution < 1.29 is 13.9 Å². The molecule has 3 fully saturated rings. The lowest BCUT2D eigenvalue weighted by atomic mass is 9.91. The molecule has 1 unspecified atom stereocenters. The van der Waals surface area contributed by atoms with Crippen molar-refractivity contribution in [1.82, 2.24) is 15.1 Å². The van der Waals surface area contributed by atoms with Gasteiger partial charge in [-0.3, -0.25) is 9.69 Å².